The lowest BCUT2D eigenvalue weighted by molar-refractivity contribution is 0.0969. The molecule has 0 N–H and O–H groups in total. The summed E-state index contributed by atoms with van der Waals surface area (Å²) in [6.45, 7) is 3.17. The van der Waals surface area contributed by atoms with Crippen molar-refractivity contribution < 1.29 is 14.0 Å². The van der Waals surface area contributed by atoms with Crippen LogP contribution in [-0.2, 0) is 0 Å². The molecular weight excluding hydrogens is 516 g/mol. The van der Waals surface area contributed by atoms with Crippen LogP contribution in [0.1, 0.15) is 50.0 Å². The van der Waals surface area contributed by atoms with E-state index >= 15 is 0 Å². The molecule has 1 unspecified atom stereocenters. The second-order valence-corrected chi connectivity index (χ2v) is 9.74. The van der Waals surface area contributed by atoms with Crippen LogP contribution < -0.4 is 10.3 Å². The zero-order valence-corrected chi connectivity index (χ0v) is 20.0. The van der Waals surface area contributed by atoms with E-state index in [9.17, 15) is 14.4 Å². The Labute approximate surface area is 199 Å². The maximum atomic E-state index is 13.6. The second kappa shape index (κ2) is 7.65. The molecule has 1 atom stereocenters. The van der Waals surface area contributed by atoms with E-state index in [1.54, 1.807) is 49.4 Å². The van der Waals surface area contributed by atoms with Crippen LogP contribution in [0.2, 0.25) is 5.02 Å². The summed E-state index contributed by atoms with van der Waals surface area (Å²) in [5.41, 5.74) is 1.48. The molecule has 1 aliphatic rings. The quantitative estimate of drug-likeness (QED) is 0.308. The molecule has 1 amide bonds. The summed E-state index contributed by atoms with van der Waals surface area (Å²) in [6, 6.07) is 11.2. The Morgan fingerprint density at radius 2 is 1.91 bits per heavy atom. The number of benzene rings is 2. The average molecular weight is 530 g/mol. The first-order chi connectivity index (χ1) is 15.3. The third kappa shape index (κ3) is 3.21. The number of amides is 1. The average Bonchev–Trinajstić information content (AvgIpc) is 3.27. The molecule has 0 saturated heterocycles. The van der Waals surface area contributed by atoms with Gasteiger partial charge in [0.25, 0.3) is 5.91 Å². The number of ketones is 1. The number of carbonyl (C=O) groups excluding carboxylic acids is 2. The number of aryl methyl sites for hydroxylation is 1. The van der Waals surface area contributed by atoms with Crippen molar-refractivity contribution in [1.82, 2.24) is 4.98 Å². The lowest BCUT2D eigenvalue weighted by atomic mass is 9.99. The first-order valence-electron chi connectivity index (χ1n) is 9.60. The largest absolute Gasteiger partial charge is 0.450 e. The van der Waals surface area contributed by atoms with E-state index < -0.39 is 11.9 Å². The number of aromatic nitrogens is 1. The Morgan fingerprint density at radius 3 is 2.56 bits per heavy atom. The van der Waals surface area contributed by atoms with Crippen LogP contribution in [0, 0.1) is 6.92 Å². The van der Waals surface area contributed by atoms with Gasteiger partial charge < -0.3 is 4.42 Å². The predicted octanol–water partition coefficient (Wildman–Crippen LogP) is 5.93. The number of anilines is 1. The predicted molar refractivity (Wildman–Crippen MR) is 127 cm³/mol. The normalized spacial score (nSPS) is 15.4. The van der Waals surface area contributed by atoms with Gasteiger partial charge in [0.2, 0.25) is 5.76 Å². The Morgan fingerprint density at radius 1 is 1.19 bits per heavy atom. The van der Waals surface area contributed by atoms with Gasteiger partial charge in [-0.3, -0.25) is 19.3 Å². The van der Waals surface area contributed by atoms with Crippen molar-refractivity contribution in [3.63, 3.8) is 0 Å². The summed E-state index contributed by atoms with van der Waals surface area (Å²) in [6.07, 6.45) is 0. The monoisotopic (exact) mass is 528 g/mol. The van der Waals surface area contributed by atoms with Gasteiger partial charge in [0.1, 0.15) is 5.58 Å². The van der Waals surface area contributed by atoms with Crippen LogP contribution in [0.25, 0.3) is 11.0 Å². The summed E-state index contributed by atoms with van der Waals surface area (Å²) in [7, 11) is 0. The Hall–Kier alpha value is -2.81. The summed E-state index contributed by atoms with van der Waals surface area (Å²) in [5, 5.41) is 1.23. The zero-order valence-electron chi connectivity index (χ0n) is 16.8. The minimum atomic E-state index is -0.764. The Kier molecular flexibility index (Phi) is 5.03. The molecule has 6 nitrogen and oxygen atoms in total. The van der Waals surface area contributed by atoms with Gasteiger partial charge in [0.05, 0.1) is 27.6 Å². The van der Waals surface area contributed by atoms with Gasteiger partial charge >= 0.3 is 0 Å². The molecule has 0 fully saturated rings. The first kappa shape index (κ1) is 21.1. The third-order valence-electron chi connectivity index (χ3n) is 5.33. The van der Waals surface area contributed by atoms with Crippen molar-refractivity contribution >= 4 is 66.7 Å². The lowest BCUT2D eigenvalue weighted by Gasteiger charge is -2.22. The van der Waals surface area contributed by atoms with Crippen LogP contribution in [0.4, 0.5) is 5.13 Å². The Bertz CT molecular complexity index is 1490. The molecule has 4 aromatic rings. The van der Waals surface area contributed by atoms with Gasteiger partial charge in [-0.2, -0.15) is 0 Å². The van der Waals surface area contributed by atoms with Crippen LogP contribution >= 0.6 is 38.9 Å². The molecule has 0 radical (unpaired) electrons. The van der Waals surface area contributed by atoms with Crippen molar-refractivity contribution in [1.29, 1.82) is 0 Å². The minimum absolute atomic E-state index is 0.0259. The van der Waals surface area contributed by atoms with Gasteiger partial charge in [-0.15, -0.1) is 0 Å². The summed E-state index contributed by atoms with van der Waals surface area (Å²) >= 11 is 10.6. The number of rotatable bonds is 3. The number of carbonyl (C=O) groups is 2. The maximum absolute atomic E-state index is 13.6. The molecule has 0 aliphatic carbocycles. The number of Topliss-reactive ketones (excluding diaryl/α,β-unsaturated/α-hetero) is 1. The number of hydrogen-bond acceptors (Lipinski definition) is 6. The highest BCUT2D eigenvalue weighted by molar-refractivity contribution is 9.10. The zero-order chi connectivity index (χ0) is 22.7. The number of nitrogens with zero attached hydrogens (tertiary/aromatic N) is 2. The van der Waals surface area contributed by atoms with Crippen molar-refractivity contribution in [3.05, 3.63) is 89.6 Å². The van der Waals surface area contributed by atoms with Crippen molar-refractivity contribution in [2.75, 3.05) is 4.90 Å². The second-order valence-electron chi connectivity index (χ2n) is 7.41. The summed E-state index contributed by atoms with van der Waals surface area (Å²) < 4.78 is 6.66. The van der Waals surface area contributed by atoms with Crippen LogP contribution in [-0.4, -0.2) is 16.7 Å². The fourth-order valence-electron chi connectivity index (χ4n) is 3.91. The molecular formula is C23H14BrClN2O4S. The van der Waals surface area contributed by atoms with E-state index in [-0.39, 0.29) is 22.5 Å². The third-order valence-corrected chi connectivity index (χ3v) is 7.33. The molecule has 0 spiro atoms. The fourth-order valence-corrected chi connectivity index (χ4v) is 5.39. The van der Waals surface area contributed by atoms with Crippen LogP contribution in [0.3, 0.4) is 0 Å². The van der Waals surface area contributed by atoms with Crippen LogP contribution in [0.5, 0.6) is 0 Å². The van der Waals surface area contributed by atoms with Gasteiger partial charge in [-0.1, -0.05) is 51.0 Å². The smallest absolute Gasteiger partial charge is 0.297 e. The van der Waals surface area contributed by atoms with Crippen LogP contribution in [0.15, 0.2) is 56.1 Å². The number of fused-ring (bicyclic) bond motifs is 2. The molecule has 2 aromatic carbocycles. The van der Waals surface area contributed by atoms with Gasteiger partial charge in [-0.05, 0) is 42.8 Å². The Balaban J connectivity index is 1.81. The van der Waals surface area contributed by atoms with Crippen molar-refractivity contribution in [2.45, 2.75) is 19.9 Å². The highest BCUT2D eigenvalue weighted by Gasteiger charge is 2.45. The molecule has 0 bridgehead atoms. The molecule has 160 valence electrons. The molecule has 9 heteroatoms. The molecule has 3 heterocycles. The van der Waals surface area contributed by atoms with E-state index in [4.69, 9.17) is 16.0 Å². The maximum Gasteiger partial charge on any atom is 0.297 e. The molecule has 1 aliphatic heterocycles. The van der Waals surface area contributed by atoms with E-state index in [0.717, 1.165) is 15.8 Å². The number of thiazole rings is 1. The standard InChI is InChI=1S/C23H14BrClN2O4S/c1-10-21(11(2)28)32-23(26-10)27-18(12-3-6-14(25)7-4-12)17-19(29)15-9-13(24)5-8-16(15)31-20(17)22(27)30/h3-9,18H,1-2H3. The van der Waals surface area contributed by atoms with E-state index in [0.29, 0.717) is 37.3 Å². The minimum Gasteiger partial charge on any atom is -0.450 e. The summed E-state index contributed by atoms with van der Waals surface area (Å²) in [4.78, 5) is 45.5. The van der Waals surface area contributed by atoms with Gasteiger partial charge in [-0.25, -0.2) is 4.98 Å². The first-order valence-corrected chi connectivity index (χ1v) is 11.6. The van der Waals surface area contributed by atoms with E-state index in [1.807, 2.05) is 0 Å². The van der Waals surface area contributed by atoms with E-state index in [2.05, 4.69) is 20.9 Å². The van der Waals surface area contributed by atoms with Gasteiger partial charge in [0, 0.05) is 16.4 Å². The summed E-state index contributed by atoms with van der Waals surface area (Å²) in [5.74, 6) is -0.643. The number of hydrogen-bond donors (Lipinski definition) is 0. The van der Waals surface area contributed by atoms with Gasteiger partial charge in [0.15, 0.2) is 16.3 Å². The highest BCUT2D eigenvalue weighted by atomic mass is 79.9. The molecule has 2 aromatic heterocycles. The topological polar surface area (TPSA) is 80.5 Å². The van der Waals surface area contributed by atoms with Crippen molar-refractivity contribution in [3.8, 4) is 0 Å². The number of halogens is 2. The lowest BCUT2D eigenvalue weighted by Crippen LogP contribution is -2.29. The molecule has 32 heavy (non-hydrogen) atoms. The van der Waals surface area contributed by atoms with E-state index in [1.165, 1.54) is 11.8 Å². The van der Waals surface area contributed by atoms with Crippen molar-refractivity contribution in [2.24, 2.45) is 0 Å². The molecule has 5 rings (SSSR count). The highest BCUT2D eigenvalue weighted by Crippen LogP contribution is 2.43. The molecule has 0 saturated carbocycles. The SMILES string of the molecule is CC(=O)c1sc(N2C(=O)c3oc4ccc(Br)cc4c(=O)c3C2c2ccc(Cl)cc2)nc1C. The fraction of sp³-hybridized carbons (Fsp3) is 0.130.